The van der Waals surface area contributed by atoms with E-state index in [1.54, 1.807) is 39.3 Å². The van der Waals surface area contributed by atoms with Crippen molar-refractivity contribution in [2.75, 3.05) is 26.0 Å². The normalized spacial score (nSPS) is 12.0. The quantitative estimate of drug-likeness (QED) is 0.783. The molecular weight excluding hydrogens is 206 g/mol. The van der Waals surface area contributed by atoms with Crippen LogP contribution in [0.25, 0.3) is 0 Å². The number of likely N-dealkylation sites (N-methyl/N-ethyl adjacent to an activating group) is 1. The number of aliphatic hydroxyl groups is 1. The van der Waals surface area contributed by atoms with Gasteiger partial charge in [-0.2, -0.15) is 0 Å². The van der Waals surface area contributed by atoms with Gasteiger partial charge in [-0.15, -0.1) is 0 Å². The van der Waals surface area contributed by atoms with Crippen LogP contribution in [0.2, 0.25) is 0 Å². The van der Waals surface area contributed by atoms with E-state index in [1.165, 1.54) is 4.90 Å². The summed E-state index contributed by atoms with van der Waals surface area (Å²) < 4.78 is 0. The van der Waals surface area contributed by atoms with Gasteiger partial charge < -0.3 is 15.3 Å². The third kappa shape index (κ3) is 3.20. The minimum Gasteiger partial charge on any atom is -0.392 e. The van der Waals surface area contributed by atoms with Gasteiger partial charge in [-0.1, -0.05) is 0 Å². The van der Waals surface area contributed by atoms with Gasteiger partial charge in [-0.05, 0) is 19.1 Å². The highest BCUT2D eigenvalue weighted by molar-refractivity contribution is 5.92. The minimum absolute atomic E-state index is 0.196. The Morgan fingerprint density at radius 2 is 2.38 bits per heavy atom. The lowest BCUT2D eigenvalue weighted by Gasteiger charge is -2.18. The number of nitrogens with one attached hydrogen (secondary N) is 1. The zero-order chi connectivity index (χ0) is 12.1. The Kier molecular flexibility index (Phi) is 4.25. The van der Waals surface area contributed by atoms with Crippen molar-refractivity contribution in [3.63, 3.8) is 0 Å². The number of aromatic nitrogens is 1. The van der Waals surface area contributed by atoms with Gasteiger partial charge in [-0.3, -0.25) is 9.78 Å². The number of amides is 1. The van der Waals surface area contributed by atoms with Crippen molar-refractivity contribution >= 4 is 11.6 Å². The number of carbonyl (C=O) groups is 1. The molecule has 0 saturated heterocycles. The summed E-state index contributed by atoms with van der Waals surface area (Å²) in [6.07, 6.45) is 1.04. The molecule has 0 aromatic carbocycles. The summed E-state index contributed by atoms with van der Waals surface area (Å²) in [5.74, 6) is -0.196. The third-order valence-corrected chi connectivity index (χ3v) is 2.15. The third-order valence-electron chi connectivity index (χ3n) is 2.15. The Morgan fingerprint density at radius 1 is 1.69 bits per heavy atom. The molecule has 1 aromatic heterocycles. The highest BCUT2D eigenvalue weighted by atomic mass is 16.3. The van der Waals surface area contributed by atoms with E-state index in [0.29, 0.717) is 12.2 Å². The molecule has 0 fully saturated rings. The highest BCUT2D eigenvalue weighted by Gasteiger charge is 2.14. The maximum absolute atomic E-state index is 11.9. The van der Waals surface area contributed by atoms with E-state index in [1.807, 2.05) is 0 Å². The topological polar surface area (TPSA) is 65.5 Å². The molecule has 0 saturated carbocycles. The average Bonchev–Trinajstić information content (AvgIpc) is 2.27. The van der Waals surface area contributed by atoms with Crippen molar-refractivity contribution in [2.24, 2.45) is 0 Å². The summed E-state index contributed by atoms with van der Waals surface area (Å²) in [5, 5.41) is 12.1. The summed E-state index contributed by atoms with van der Waals surface area (Å²) in [5.41, 5.74) is 1.21. The van der Waals surface area contributed by atoms with Gasteiger partial charge in [0.05, 0.1) is 6.10 Å². The lowest BCUT2D eigenvalue weighted by atomic mass is 10.2. The highest BCUT2D eigenvalue weighted by Crippen LogP contribution is 2.08. The molecule has 0 radical (unpaired) electrons. The zero-order valence-electron chi connectivity index (χ0n) is 9.77. The molecule has 1 unspecified atom stereocenters. The second-order valence-corrected chi connectivity index (χ2v) is 3.71. The van der Waals surface area contributed by atoms with Crippen molar-refractivity contribution in [3.05, 3.63) is 24.0 Å². The Morgan fingerprint density at radius 3 is 2.94 bits per heavy atom. The van der Waals surface area contributed by atoms with Crippen LogP contribution in [-0.2, 0) is 0 Å². The van der Waals surface area contributed by atoms with E-state index >= 15 is 0 Å². The molecule has 2 N–H and O–H groups in total. The fraction of sp³-hybridized carbons (Fsp3) is 0.455. The number of anilines is 1. The first-order valence-electron chi connectivity index (χ1n) is 5.12. The minimum atomic E-state index is -0.540. The van der Waals surface area contributed by atoms with Gasteiger partial charge >= 0.3 is 0 Å². The number of hydrogen-bond acceptors (Lipinski definition) is 4. The summed E-state index contributed by atoms with van der Waals surface area (Å²) in [6, 6.07) is 3.46. The van der Waals surface area contributed by atoms with E-state index in [0.717, 1.165) is 5.69 Å². The molecule has 1 heterocycles. The van der Waals surface area contributed by atoms with Gasteiger partial charge in [0.1, 0.15) is 5.69 Å². The van der Waals surface area contributed by atoms with Crippen LogP contribution in [-0.4, -0.2) is 47.6 Å². The number of rotatable bonds is 4. The van der Waals surface area contributed by atoms with Gasteiger partial charge in [0.15, 0.2) is 0 Å². The smallest absolute Gasteiger partial charge is 0.272 e. The zero-order valence-corrected chi connectivity index (χ0v) is 9.77. The van der Waals surface area contributed by atoms with Crippen LogP contribution < -0.4 is 5.32 Å². The van der Waals surface area contributed by atoms with Crippen molar-refractivity contribution in [2.45, 2.75) is 13.0 Å². The Labute approximate surface area is 95.1 Å². The van der Waals surface area contributed by atoms with Crippen molar-refractivity contribution in [1.29, 1.82) is 0 Å². The SMILES string of the molecule is CNc1ccnc(C(=O)N(C)CC(C)O)c1. The molecule has 1 aromatic rings. The first kappa shape index (κ1) is 12.4. The lowest BCUT2D eigenvalue weighted by molar-refractivity contribution is 0.0698. The van der Waals surface area contributed by atoms with E-state index in [2.05, 4.69) is 10.3 Å². The molecule has 0 aliphatic heterocycles. The van der Waals surface area contributed by atoms with Crippen LogP contribution in [0.1, 0.15) is 17.4 Å². The molecule has 0 aliphatic carbocycles. The molecule has 0 spiro atoms. The van der Waals surface area contributed by atoms with Crippen LogP contribution in [0.15, 0.2) is 18.3 Å². The lowest BCUT2D eigenvalue weighted by Crippen LogP contribution is -2.33. The fourth-order valence-electron chi connectivity index (χ4n) is 1.38. The van der Waals surface area contributed by atoms with Crippen molar-refractivity contribution < 1.29 is 9.90 Å². The number of hydrogen-bond donors (Lipinski definition) is 2. The van der Waals surface area contributed by atoms with Gasteiger partial charge in [0.25, 0.3) is 5.91 Å². The van der Waals surface area contributed by atoms with Gasteiger partial charge in [0, 0.05) is 32.5 Å². The van der Waals surface area contributed by atoms with E-state index in [4.69, 9.17) is 0 Å². The van der Waals surface area contributed by atoms with Gasteiger partial charge in [0.2, 0.25) is 0 Å². The van der Waals surface area contributed by atoms with Gasteiger partial charge in [-0.25, -0.2) is 0 Å². The van der Waals surface area contributed by atoms with Crippen LogP contribution in [0, 0.1) is 0 Å². The summed E-state index contributed by atoms with van der Waals surface area (Å²) in [6.45, 7) is 1.94. The maximum atomic E-state index is 11.9. The van der Waals surface area contributed by atoms with E-state index < -0.39 is 6.10 Å². The van der Waals surface area contributed by atoms with Crippen LogP contribution in [0.5, 0.6) is 0 Å². The van der Waals surface area contributed by atoms with Crippen LogP contribution in [0.3, 0.4) is 0 Å². The number of aliphatic hydroxyl groups excluding tert-OH is 1. The number of pyridine rings is 1. The second-order valence-electron chi connectivity index (χ2n) is 3.71. The molecule has 0 bridgehead atoms. The van der Waals surface area contributed by atoms with Crippen molar-refractivity contribution in [3.8, 4) is 0 Å². The molecule has 1 amide bonds. The molecule has 5 heteroatoms. The molecule has 88 valence electrons. The molecule has 16 heavy (non-hydrogen) atoms. The standard InChI is InChI=1S/C11H17N3O2/c1-8(15)7-14(3)11(16)10-6-9(12-2)4-5-13-10/h4-6,8,15H,7H2,1-3H3,(H,12,13). The summed E-state index contributed by atoms with van der Waals surface area (Å²) in [4.78, 5) is 17.3. The van der Waals surface area contributed by atoms with Crippen LogP contribution >= 0.6 is 0 Å². The maximum Gasteiger partial charge on any atom is 0.272 e. The number of nitrogens with zero attached hydrogens (tertiary/aromatic N) is 2. The second kappa shape index (κ2) is 5.46. The first-order valence-corrected chi connectivity index (χ1v) is 5.12. The summed E-state index contributed by atoms with van der Waals surface area (Å²) in [7, 11) is 3.42. The molecular formula is C11H17N3O2. The molecule has 1 atom stereocenters. The molecule has 1 rings (SSSR count). The Hall–Kier alpha value is -1.62. The van der Waals surface area contributed by atoms with E-state index in [9.17, 15) is 9.90 Å². The number of carbonyl (C=O) groups excluding carboxylic acids is 1. The molecule has 0 aliphatic rings. The summed E-state index contributed by atoms with van der Waals surface area (Å²) >= 11 is 0. The molecule has 5 nitrogen and oxygen atoms in total. The van der Waals surface area contributed by atoms with Crippen LogP contribution in [0.4, 0.5) is 5.69 Å². The predicted octanol–water partition coefficient (Wildman–Crippen LogP) is 0.576. The monoisotopic (exact) mass is 223 g/mol. The average molecular weight is 223 g/mol. The first-order chi connectivity index (χ1) is 7.54. The Bertz CT molecular complexity index is 366. The fourth-order valence-corrected chi connectivity index (χ4v) is 1.38. The largest absolute Gasteiger partial charge is 0.392 e. The Balaban J connectivity index is 2.79. The van der Waals surface area contributed by atoms with E-state index in [-0.39, 0.29) is 5.91 Å². The predicted molar refractivity (Wildman–Crippen MR) is 62.4 cm³/mol. The van der Waals surface area contributed by atoms with Crippen molar-refractivity contribution in [1.82, 2.24) is 9.88 Å².